The van der Waals surface area contributed by atoms with Crippen LogP contribution in [0, 0.1) is 22.7 Å². The Balaban J connectivity index is 1.56. The number of carbonyl (C=O) groups is 1. The summed E-state index contributed by atoms with van der Waals surface area (Å²) >= 11 is 0. The van der Waals surface area contributed by atoms with Crippen molar-refractivity contribution < 1.29 is 14.3 Å². The number of esters is 1. The minimum Gasteiger partial charge on any atom is -0.492 e. The quantitative estimate of drug-likeness (QED) is 0.0860. The van der Waals surface area contributed by atoms with Gasteiger partial charge in [0.1, 0.15) is 29.0 Å². The summed E-state index contributed by atoms with van der Waals surface area (Å²) in [7, 11) is 0. The van der Waals surface area contributed by atoms with Crippen molar-refractivity contribution in [1.29, 1.82) is 10.5 Å². The van der Waals surface area contributed by atoms with Gasteiger partial charge in [0.2, 0.25) is 0 Å². The Kier molecular flexibility index (Phi) is 14.0. The Morgan fingerprint density at radius 3 is 1.88 bits per heavy atom. The van der Waals surface area contributed by atoms with Gasteiger partial charge in [-0.1, -0.05) is 90.2 Å². The van der Waals surface area contributed by atoms with E-state index in [1.54, 1.807) is 30.3 Å². The molecule has 3 aromatic rings. The third-order valence-electron chi connectivity index (χ3n) is 7.21. The van der Waals surface area contributed by atoms with Gasteiger partial charge in [-0.3, -0.25) is 0 Å². The zero-order valence-electron chi connectivity index (χ0n) is 25.0. The van der Waals surface area contributed by atoms with Gasteiger partial charge in [-0.15, -0.1) is 0 Å². The van der Waals surface area contributed by atoms with E-state index in [1.807, 2.05) is 24.5 Å². The summed E-state index contributed by atoms with van der Waals surface area (Å²) < 4.78 is 11.4. The molecule has 0 atom stereocenters. The zero-order valence-corrected chi connectivity index (χ0v) is 25.0. The fourth-order valence-electron chi connectivity index (χ4n) is 4.71. The van der Waals surface area contributed by atoms with Crippen molar-refractivity contribution in [3.05, 3.63) is 71.0 Å². The summed E-state index contributed by atoms with van der Waals surface area (Å²) in [6.07, 6.45) is 18.9. The van der Waals surface area contributed by atoms with E-state index in [-0.39, 0.29) is 16.9 Å². The van der Waals surface area contributed by atoms with E-state index in [0.29, 0.717) is 23.7 Å². The van der Waals surface area contributed by atoms with Crippen LogP contribution in [0.2, 0.25) is 0 Å². The Morgan fingerprint density at radius 1 is 0.714 bits per heavy atom. The van der Waals surface area contributed by atoms with Gasteiger partial charge in [-0.2, -0.15) is 10.5 Å². The van der Waals surface area contributed by atoms with Crippen LogP contribution in [-0.4, -0.2) is 22.5 Å². The molecule has 7 heteroatoms. The van der Waals surface area contributed by atoms with Crippen molar-refractivity contribution in [2.24, 2.45) is 0 Å². The van der Waals surface area contributed by atoms with Gasteiger partial charge in [-0.05, 0) is 49.1 Å². The van der Waals surface area contributed by atoms with Crippen LogP contribution in [0.1, 0.15) is 118 Å². The average molecular weight is 567 g/mol. The molecule has 0 spiro atoms. The topological polar surface area (TPSA) is 109 Å². The molecule has 0 fully saturated rings. The van der Waals surface area contributed by atoms with Gasteiger partial charge in [0, 0.05) is 18.0 Å². The molecule has 42 heavy (non-hydrogen) atoms. The molecule has 0 N–H and O–H groups in total. The van der Waals surface area contributed by atoms with E-state index in [9.17, 15) is 15.3 Å². The number of benzene rings is 2. The number of carbonyl (C=O) groups excluding carboxylic acids is 1. The van der Waals surface area contributed by atoms with Crippen molar-refractivity contribution in [3.8, 4) is 35.0 Å². The van der Waals surface area contributed by atoms with Crippen LogP contribution >= 0.6 is 0 Å². The predicted molar refractivity (Wildman–Crippen MR) is 164 cm³/mol. The largest absolute Gasteiger partial charge is 0.492 e. The summed E-state index contributed by atoms with van der Waals surface area (Å²) in [5.41, 5.74) is 2.27. The number of hydrogen-bond acceptors (Lipinski definition) is 7. The number of nitrogens with zero attached hydrogens (tertiary/aromatic N) is 4. The van der Waals surface area contributed by atoms with Gasteiger partial charge in [0.25, 0.3) is 0 Å². The standard InChI is InChI=1S/C35H42N4O3/c1-3-5-7-9-10-11-12-14-22-41-32-20-21-33(31(24-37)30(32)23-36)42-35(40)29-18-16-28(17-19-29)34-38-25-27(26-39-34)15-13-8-6-4-2/h16-21,25-26H,3-15,22H2,1-2H3. The van der Waals surface area contributed by atoms with Gasteiger partial charge in [0.15, 0.2) is 11.6 Å². The van der Waals surface area contributed by atoms with Crippen molar-refractivity contribution >= 4 is 5.97 Å². The minimum absolute atomic E-state index is 0.0147. The number of aromatic nitrogens is 2. The van der Waals surface area contributed by atoms with Crippen molar-refractivity contribution in [1.82, 2.24) is 9.97 Å². The third kappa shape index (κ3) is 10.00. The fourth-order valence-corrected chi connectivity index (χ4v) is 4.71. The lowest BCUT2D eigenvalue weighted by Crippen LogP contribution is -2.10. The number of ether oxygens (including phenoxy) is 2. The molecule has 7 nitrogen and oxygen atoms in total. The van der Waals surface area contributed by atoms with Crippen molar-refractivity contribution in [3.63, 3.8) is 0 Å². The highest BCUT2D eigenvalue weighted by Crippen LogP contribution is 2.30. The van der Waals surface area contributed by atoms with E-state index < -0.39 is 5.97 Å². The molecule has 1 heterocycles. The summed E-state index contributed by atoms with van der Waals surface area (Å²) in [4.78, 5) is 21.9. The molecular weight excluding hydrogens is 524 g/mol. The first-order valence-electron chi connectivity index (χ1n) is 15.3. The maximum absolute atomic E-state index is 12.9. The maximum Gasteiger partial charge on any atom is 0.343 e. The summed E-state index contributed by atoms with van der Waals surface area (Å²) in [6, 6.07) is 13.9. The molecule has 0 unspecified atom stereocenters. The lowest BCUT2D eigenvalue weighted by atomic mass is 10.1. The molecule has 0 bridgehead atoms. The summed E-state index contributed by atoms with van der Waals surface area (Å²) in [5, 5.41) is 19.5. The van der Waals surface area contributed by atoms with Crippen LogP contribution in [0.15, 0.2) is 48.8 Å². The molecule has 3 rings (SSSR count). The van der Waals surface area contributed by atoms with Gasteiger partial charge in [-0.25, -0.2) is 14.8 Å². The van der Waals surface area contributed by atoms with E-state index in [4.69, 9.17) is 9.47 Å². The van der Waals surface area contributed by atoms with E-state index in [1.165, 1.54) is 57.4 Å². The van der Waals surface area contributed by atoms with Crippen LogP contribution in [0.3, 0.4) is 0 Å². The van der Waals surface area contributed by atoms with Crippen LogP contribution < -0.4 is 9.47 Å². The van der Waals surface area contributed by atoms with Gasteiger partial charge >= 0.3 is 5.97 Å². The maximum atomic E-state index is 12.9. The molecule has 0 saturated heterocycles. The molecule has 0 aliphatic carbocycles. The molecule has 0 aliphatic heterocycles. The summed E-state index contributed by atoms with van der Waals surface area (Å²) in [5.74, 6) is 0.312. The number of nitriles is 2. The smallest absolute Gasteiger partial charge is 0.343 e. The minimum atomic E-state index is -0.627. The molecule has 0 saturated carbocycles. The molecular formula is C35H42N4O3. The first-order chi connectivity index (χ1) is 20.6. The highest BCUT2D eigenvalue weighted by atomic mass is 16.5. The van der Waals surface area contributed by atoms with Crippen LogP contribution in [0.5, 0.6) is 11.5 Å². The van der Waals surface area contributed by atoms with Crippen LogP contribution in [0.4, 0.5) is 0 Å². The first-order valence-corrected chi connectivity index (χ1v) is 15.3. The number of rotatable bonds is 18. The second kappa shape index (κ2) is 18.3. The molecule has 220 valence electrons. The lowest BCUT2D eigenvalue weighted by Gasteiger charge is -2.12. The number of hydrogen-bond donors (Lipinski definition) is 0. The Bertz CT molecular complexity index is 1340. The fraction of sp³-hybridized carbons (Fsp3) is 0.457. The lowest BCUT2D eigenvalue weighted by molar-refractivity contribution is 0.0734. The summed E-state index contributed by atoms with van der Waals surface area (Å²) in [6.45, 7) is 4.88. The van der Waals surface area contributed by atoms with Gasteiger partial charge < -0.3 is 9.47 Å². The second-order valence-electron chi connectivity index (χ2n) is 10.6. The SMILES string of the molecule is CCCCCCCCCCOc1ccc(OC(=O)c2ccc(-c3ncc(CCCCCC)cn3)cc2)c(C#N)c1C#N. The van der Waals surface area contributed by atoms with Gasteiger partial charge in [0.05, 0.1) is 12.2 Å². The first kappa shape index (κ1) is 32.3. The Hall–Kier alpha value is -4.23. The van der Waals surface area contributed by atoms with Crippen molar-refractivity contribution in [2.75, 3.05) is 6.61 Å². The molecule has 0 amide bonds. The van der Waals surface area contributed by atoms with Crippen LogP contribution in [-0.2, 0) is 6.42 Å². The normalized spacial score (nSPS) is 10.6. The zero-order chi connectivity index (χ0) is 30.0. The molecule has 1 aromatic heterocycles. The highest BCUT2D eigenvalue weighted by Gasteiger charge is 2.19. The van der Waals surface area contributed by atoms with E-state index in [0.717, 1.165) is 43.2 Å². The molecule has 0 aliphatic rings. The number of unbranched alkanes of at least 4 members (excludes halogenated alkanes) is 10. The van der Waals surface area contributed by atoms with E-state index >= 15 is 0 Å². The molecule has 2 aromatic carbocycles. The molecule has 0 radical (unpaired) electrons. The highest BCUT2D eigenvalue weighted by molar-refractivity contribution is 5.92. The van der Waals surface area contributed by atoms with Crippen molar-refractivity contribution in [2.45, 2.75) is 97.3 Å². The van der Waals surface area contributed by atoms with Crippen LogP contribution in [0.25, 0.3) is 11.4 Å². The number of aryl methyl sites for hydroxylation is 1. The predicted octanol–water partition coefficient (Wildman–Crippen LogP) is 8.75. The van der Waals surface area contributed by atoms with E-state index in [2.05, 4.69) is 23.8 Å². The Labute approximate surface area is 250 Å². The Morgan fingerprint density at radius 2 is 1.26 bits per heavy atom. The second-order valence-corrected chi connectivity index (χ2v) is 10.6. The average Bonchev–Trinajstić information content (AvgIpc) is 3.02. The third-order valence-corrected chi connectivity index (χ3v) is 7.21. The monoisotopic (exact) mass is 566 g/mol.